The van der Waals surface area contributed by atoms with E-state index < -0.39 is 16.9 Å². The summed E-state index contributed by atoms with van der Waals surface area (Å²) in [6.45, 7) is 5.45. The number of aliphatic carboxylic acids is 1. The SMILES string of the molecule is CC(C)(C)N(N)C(=O)c1ccc(C(Cl)C(=O)O)cc1. The quantitative estimate of drug-likeness (QED) is 0.386. The number of nitrogens with two attached hydrogens (primary N) is 1. The van der Waals surface area contributed by atoms with Gasteiger partial charge in [0, 0.05) is 5.56 Å². The Morgan fingerprint density at radius 3 is 2.11 bits per heavy atom. The van der Waals surface area contributed by atoms with Crippen LogP contribution in [0.25, 0.3) is 0 Å². The molecule has 1 unspecified atom stereocenters. The van der Waals surface area contributed by atoms with Crippen molar-refractivity contribution in [3.63, 3.8) is 0 Å². The molecule has 1 rings (SSSR count). The average molecular weight is 285 g/mol. The average Bonchev–Trinajstić information content (AvgIpc) is 2.35. The number of carboxylic acids is 1. The van der Waals surface area contributed by atoms with Gasteiger partial charge in [0.25, 0.3) is 5.91 Å². The van der Waals surface area contributed by atoms with E-state index in [4.69, 9.17) is 22.6 Å². The third-order valence-electron chi connectivity index (χ3n) is 2.61. The summed E-state index contributed by atoms with van der Waals surface area (Å²) in [4.78, 5) is 22.8. The topological polar surface area (TPSA) is 83.6 Å². The van der Waals surface area contributed by atoms with Crippen LogP contribution in [0.1, 0.15) is 42.1 Å². The van der Waals surface area contributed by atoms with Crippen LogP contribution < -0.4 is 5.84 Å². The highest BCUT2D eigenvalue weighted by atomic mass is 35.5. The number of nitrogens with zero attached hydrogens (tertiary/aromatic N) is 1. The first kappa shape index (κ1) is 15.5. The van der Waals surface area contributed by atoms with Gasteiger partial charge in [-0.1, -0.05) is 12.1 Å². The van der Waals surface area contributed by atoms with Crippen LogP contribution in [0.2, 0.25) is 0 Å². The molecule has 0 saturated carbocycles. The monoisotopic (exact) mass is 284 g/mol. The molecule has 0 heterocycles. The lowest BCUT2D eigenvalue weighted by Crippen LogP contribution is -2.50. The lowest BCUT2D eigenvalue weighted by atomic mass is 10.0. The molecule has 1 aromatic carbocycles. The van der Waals surface area contributed by atoms with E-state index in [9.17, 15) is 9.59 Å². The fourth-order valence-electron chi connectivity index (χ4n) is 1.38. The van der Waals surface area contributed by atoms with Crippen molar-refractivity contribution in [2.45, 2.75) is 31.7 Å². The van der Waals surface area contributed by atoms with Gasteiger partial charge in [-0.05, 0) is 38.5 Å². The largest absolute Gasteiger partial charge is 0.480 e. The summed E-state index contributed by atoms with van der Waals surface area (Å²) in [5, 5.41) is 8.79. The molecule has 1 atom stereocenters. The van der Waals surface area contributed by atoms with E-state index in [2.05, 4.69) is 0 Å². The molecule has 0 aliphatic heterocycles. The second-order valence-corrected chi connectivity index (χ2v) is 5.61. The van der Waals surface area contributed by atoms with Gasteiger partial charge in [0.15, 0.2) is 5.38 Å². The van der Waals surface area contributed by atoms with Crippen molar-refractivity contribution in [1.82, 2.24) is 5.01 Å². The Labute approximate surface area is 116 Å². The first-order chi connectivity index (χ1) is 8.64. The van der Waals surface area contributed by atoms with Crippen molar-refractivity contribution < 1.29 is 14.7 Å². The first-order valence-corrected chi connectivity index (χ1v) is 6.14. The first-order valence-electron chi connectivity index (χ1n) is 5.70. The van der Waals surface area contributed by atoms with Gasteiger partial charge in [-0.3, -0.25) is 14.6 Å². The molecule has 5 nitrogen and oxygen atoms in total. The van der Waals surface area contributed by atoms with Gasteiger partial charge in [0.2, 0.25) is 0 Å². The molecule has 0 spiro atoms. The second kappa shape index (κ2) is 5.59. The highest BCUT2D eigenvalue weighted by molar-refractivity contribution is 6.29. The smallest absolute Gasteiger partial charge is 0.326 e. The van der Waals surface area contributed by atoms with E-state index in [1.54, 1.807) is 0 Å². The lowest BCUT2D eigenvalue weighted by Gasteiger charge is -2.31. The summed E-state index contributed by atoms with van der Waals surface area (Å²) in [5.74, 6) is 4.27. The Morgan fingerprint density at radius 2 is 1.74 bits per heavy atom. The molecule has 0 saturated heterocycles. The van der Waals surface area contributed by atoms with Gasteiger partial charge in [-0.25, -0.2) is 5.84 Å². The van der Waals surface area contributed by atoms with Crippen molar-refractivity contribution in [3.05, 3.63) is 35.4 Å². The fraction of sp³-hybridized carbons (Fsp3) is 0.385. The highest BCUT2D eigenvalue weighted by Gasteiger charge is 2.24. The Balaban J connectivity index is 2.94. The number of carbonyl (C=O) groups is 2. The number of benzene rings is 1. The van der Waals surface area contributed by atoms with Gasteiger partial charge in [-0.15, -0.1) is 11.6 Å². The Morgan fingerprint density at radius 1 is 1.26 bits per heavy atom. The van der Waals surface area contributed by atoms with E-state index >= 15 is 0 Å². The number of hydrogen-bond acceptors (Lipinski definition) is 3. The van der Waals surface area contributed by atoms with E-state index in [0.29, 0.717) is 11.1 Å². The minimum Gasteiger partial charge on any atom is -0.480 e. The molecule has 3 N–H and O–H groups in total. The number of alkyl halides is 1. The van der Waals surface area contributed by atoms with E-state index in [1.807, 2.05) is 20.8 Å². The van der Waals surface area contributed by atoms with Crippen LogP contribution in [-0.2, 0) is 4.79 Å². The van der Waals surface area contributed by atoms with E-state index in [-0.39, 0.29) is 5.91 Å². The molecule has 0 aliphatic rings. The molecule has 0 aliphatic carbocycles. The van der Waals surface area contributed by atoms with Crippen molar-refractivity contribution in [2.24, 2.45) is 5.84 Å². The minimum absolute atomic E-state index is 0.333. The molecule has 104 valence electrons. The van der Waals surface area contributed by atoms with Crippen LogP contribution in [0, 0.1) is 0 Å². The number of carboxylic acid groups (broad SMARTS) is 1. The van der Waals surface area contributed by atoms with Crippen LogP contribution in [-0.4, -0.2) is 27.5 Å². The maximum Gasteiger partial charge on any atom is 0.326 e. The number of halogens is 1. The van der Waals surface area contributed by atoms with Crippen molar-refractivity contribution in [1.29, 1.82) is 0 Å². The molecular weight excluding hydrogens is 268 g/mol. The standard InChI is InChI=1S/C13H17ClN2O3/c1-13(2,3)16(15)11(17)9-6-4-8(5-7-9)10(14)12(18)19/h4-7,10H,15H2,1-3H3,(H,18,19). The van der Waals surface area contributed by atoms with Gasteiger partial charge in [-0.2, -0.15) is 0 Å². The molecule has 0 aromatic heterocycles. The zero-order chi connectivity index (χ0) is 14.8. The third kappa shape index (κ3) is 3.68. The van der Waals surface area contributed by atoms with Crippen LogP contribution in [0.3, 0.4) is 0 Å². The number of rotatable bonds is 3. The summed E-state index contributed by atoms with van der Waals surface area (Å²) in [6, 6.07) is 6.05. The predicted octanol–water partition coefficient (Wildman–Crippen LogP) is 2.17. The molecule has 6 heteroatoms. The van der Waals surface area contributed by atoms with Crippen LogP contribution in [0.4, 0.5) is 0 Å². The highest BCUT2D eigenvalue weighted by Crippen LogP contribution is 2.21. The van der Waals surface area contributed by atoms with E-state index in [0.717, 1.165) is 5.01 Å². The molecule has 1 aromatic rings. The van der Waals surface area contributed by atoms with Crippen LogP contribution in [0.5, 0.6) is 0 Å². The molecule has 0 radical (unpaired) electrons. The zero-order valence-electron chi connectivity index (χ0n) is 11.1. The normalized spacial score (nSPS) is 12.9. The summed E-state index contributed by atoms with van der Waals surface area (Å²) < 4.78 is 0. The Bertz CT molecular complexity index is 480. The maximum absolute atomic E-state index is 12.1. The third-order valence-corrected chi connectivity index (χ3v) is 3.05. The van der Waals surface area contributed by atoms with Gasteiger partial charge >= 0.3 is 5.97 Å². The number of amides is 1. The Kier molecular flexibility index (Phi) is 4.55. The molecule has 0 fully saturated rings. The number of hydrazine groups is 1. The fourth-order valence-corrected chi connectivity index (χ4v) is 1.53. The predicted molar refractivity (Wildman–Crippen MR) is 72.8 cm³/mol. The minimum atomic E-state index is -1.13. The summed E-state index contributed by atoms with van der Waals surface area (Å²) in [7, 11) is 0. The number of hydrogen-bond donors (Lipinski definition) is 2. The lowest BCUT2D eigenvalue weighted by molar-refractivity contribution is -0.136. The second-order valence-electron chi connectivity index (χ2n) is 5.17. The summed E-state index contributed by atoms with van der Waals surface area (Å²) in [6.07, 6.45) is 0. The number of carbonyl (C=O) groups excluding carboxylic acids is 1. The molecule has 19 heavy (non-hydrogen) atoms. The van der Waals surface area contributed by atoms with Crippen molar-refractivity contribution >= 4 is 23.5 Å². The van der Waals surface area contributed by atoms with E-state index in [1.165, 1.54) is 24.3 Å². The van der Waals surface area contributed by atoms with Gasteiger partial charge in [0.1, 0.15) is 0 Å². The summed E-state index contributed by atoms with van der Waals surface area (Å²) in [5.41, 5.74) is 0.312. The van der Waals surface area contributed by atoms with Gasteiger partial charge < -0.3 is 5.11 Å². The Hall–Kier alpha value is -1.59. The molecule has 0 bridgehead atoms. The molecular formula is C13H17ClN2O3. The van der Waals surface area contributed by atoms with Crippen molar-refractivity contribution in [3.8, 4) is 0 Å². The van der Waals surface area contributed by atoms with Crippen LogP contribution in [0.15, 0.2) is 24.3 Å². The summed E-state index contributed by atoms with van der Waals surface area (Å²) >= 11 is 5.69. The maximum atomic E-state index is 12.1. The zero-order valence-corrected chi connectivity index (χ0v) is 11.8. The van der Waals surface area contributed by atoms with Crippen LogP contribution >= 0.6 is 11.6 Å². The van der Waals surface area contributed by atoms with Crippen molar-refractivity contribution in [2.75, 3.05) is 0 Å². The van der Waals surface area contributed by atoms with Gasteiger partial charge in [0.05, 0.1) is 5.54 Å². The molecule has 1 amide bonds.